The summed E-state index contributed by atoms with van der Waals surface area (Å²) in [6.45, 7) is 3.41. The van der Waals surface area contributed by atoms with Gasteiger partial charge in [0.25, 0.3) is 0 Å². The first kappa shape index (κ1) is 17.2. The fraction of sp³-hybridized carbons (Fsp3) is 0.538. The number of methoxy groups -OCH3 is 1. The van der Waals surface area contributed by atoms with Crippen molar-refractivity contribution < 1.29 is 17.5 Å². The third-order valence-corrected chi connectivity index (χ3v) is 5.05. The van der Waals surface area contributed by atoms with Gasteiger partial charge in [-0.3, -0.25) is 0 Å². The van der Waals surface area contributed by atoms with Gasteiger partial charge in [-0.1, -0.05) is 13.0 Å². The first-order valence-electron chi connectivity index (χ1n) is 6.18. The molecule has 0 radical (unpaired) electrons. The lowest BCUT2D eigenvalue weighted by molar-refractivity contribution is 0.386. The van der Waals surface area contributed by atoms with E-state index in [4.69, 9.17) is 16.3 Å². The number of rotatable bonds is 7. The van der Waals surface area contributed by atoms with Crippen molar-refractivity contribution in [3.05, 3.63) is 29.6 Å². The smallest absolute Gasteiger partial charge is 0.212 e. The van der Waals surface area contributed by atoms with Gasteiger partial charge in [-0.15, -0.1) is 11.6 Å². The molecular weight excluding hydrogens is 305 g/mol. The third kappa shape index (κ3) is 4.92. The maximum atomic E-state index is 13.6. The number of alkyl halides is 1. The van der Waals surface area contributed by atoms with E-state index in [-0.39, 0.29) is 23.3 Å². The van der Waals surface area contributed by atoms with E-state index in [1.165, 1.54) is 19.2 Å². The summed E-state index contributed by atoms with van der Waals surface area (Å²) >= 11 is 5.61. The Morgan fingerprint density at radius 2 is 2.05 bits per heavy atom. The summed E-state index contributed by atoms with van der Waals surface area (Å²) in [5, 5.41) is 0. The number of sulfonamides is 1. The van der Waals surface area contributed by atoms with Gasteiger partial charge < -0.3 is 4.74 Å². The Labute approximate surface area is 124 Å². The highest BCUT2D eigenvalue weighted by molar-refractivity contribution is 7.89. The molecule has 114 valence electrons. The normalized spacial score (nSPS) is 14.8. The summed E-state index contributed by atoms with van der Waals surface area (Å²) in [5.41, 5.74) is 0.533. The summed E-state index contributed by atoms with van der Waals surface area (Å²) < 4.78 is 44.7. The van der Waals surface area contributed by atoms with Crippen molar-refractivity contribution in [3.63, 3.8) is 0 Å². The van der Waals surface area contributed by atoms with E-state index in [0.29, 0.717) is 5.56 Å². The van der Waals surface area contributed by atoms with Gasteiger partial charge in [0.2, 0.25) is 10.0 Å². The lowest BCUT2D eigenvalue weighted by Gasteiger charge is -2.17. The van der Waals surface area contributed by atoms with Crippen molar-refractivity contribution in [1.82, 2.24) is 4.72 Å². The zero-order chi connectivity index (χ0) is 15.3. The Morgan fingerprint density at radius 1 is 1.40 bits per heavy atom. The molecule has 0 aliphatic rings. The molecule has 1 aromatic rings. The fourth-order valence-electron chi connectivity index (χ4n) is 1.76. The molecule has 2 atom stereocenters. The number of benzene rings is 1. The van der Waals surface area contributed by atoms with Gasteiger partial charge in [0.05, 0.1) is 12.9 Å². The number of hydrogen-bond donors (Lipinski definition) is 1. The molecule has 0 saturated carbocycles. The monoisotopic (exact) mass is 323 g/mol. The zero-order valence-electron chi connectivity index (χ0n) is 11.7. The molecule has 1 N–H and O–H groups in total. The molecule has 2 unspecified atom stereocenters. The van der Waals surface area contributed by atoms with E-state index in [1.807, 2.05) is 0 Å². The zero-order valence-corrected chi connectivity index (χ0v) is 13.3. The van der Waals surface area contributed by atoms with Crippen LogP contribution in [0, 0.1) is 11.7 Å². The van der Waals surface area contributed by atoms with Crippen LogP contribution in [0.3, 0.4) is 0 Å². The molecule has 1 aromatic carbocycles. The standard InChI is InChI=1S/C13H19ClFNO3S/c1-9(7-14)8-20(17,18)16-10(2)11-4-5-13(19-3)12(15)6-11/h4-6,9-10,16H,7-8H2,1-3H3. The molecule has 1 rings (SSSR count). The van der Waals surface area contributed by atoms with Crippen molar-refractivity contribution in [2.75, 3.05) is 18.7 Å². The van der Waals surface area contributed by atoms with Crippen molar-refractivity contribution in [2.24, 2.45) is 5.92 Å². The molecule has 7 heteroatoms. The van der Waals surface area contributed by atoms with Crippen LogP contribution in [0.4, 0.5) is 4.39 Å². The second-order valence-corrected chi connectivity index (χ2v) is 6.88. The quantitative estimate of drug-likeness (QED) is 0.785. The first-order valence-corrected chi connectivity index (χ1v) is 8.37. The van der Waals surface area contributed by atoms with Gasteiger partial charge in [-0.2, -0.15) is 0 Å². The van der Waals surface area contributed by atoms with Crippen molar-refractivity contribution in [3.8, 4) is 5.75 Å². The van der Waals surface area contributed by atoms with Gasteiger partial charge >= 0.3 is 0 Å². The molecule has 0 aliphatic carbocycles. The van der Waals surface area contributed by atoms with Crippen LogP contribution in [0.15, 0.2) is 18.2 Å². The van der Waals surface area contributed by atoms with Gasteiger partial charge in [0, 0.05) is 11.9 Å². The Balaban J connectivity index is 2.80. The predicted octanol–water partition coefficient (Wildman–Crippen LogP) is 2.69. The highest BCUT2D eigenvalue weighted by Gasteiger charge is 2.19. The van der Waals surface area contributed by atoms with Crippen LogP contribution < -0.4 is 9.46 Å². The summed E-state index contributed by atoms with van der Waals surface area (Å²) in [6, 6.07) is 3.83. The van der Waals surface area contributed by atoms with Crippen LogP contribution in [-0.2, 0) is 10.0 Å². The van der Waals surface area contributed by atoms with E-state index in [1.54, 1.807) is 19.9 Å². The SMILES string of the molecule is COc1ccc(C(C)NS(=O)(=O)CC(C)CCl)cc1F. The molecule has 0 spiro atoms. The van der Waals surface area contributed by atoms with Crippen LogP contribution in [0.2, 0.25) is 0 Å². The molecule has 4 nitrogen and oxygen atoms in total. The van der Waals surface area contributed by atoms with Crippen molar-refractivity contribution >= 4 is 21.6 Å². The maximum absolute atomic E-state index is 13.6. The highest BCUT2D eigenvalue weighted by Crippen LogP contribution is 2.22. The Bertz CT molecular complexity index is 551. The molecule has 0 amide bonds. The Hall–Kier alpha value is -0.850. The number of nitrogens with one attached hydrogen (secondary N) is 1. The van der Waals surface area contributed by atoms with Gasteiger partial charge in [-0.05, 0) is 30.5 Å². The highest BCUT2D eigenvalue weighted by atomic mass is 35.5. The number of hydrogen-bond acceptors (Lipinski definition) is 3. The molecule has 0 bridgehead atoms. The van der Waals surface area contributed by atoms with E-state index >= 15 is 0 Å². The predicted molar refractivity (Wildman–Crippen MR) is 78.2 cm³/mol. The lowest BCUT2D eigenvalue weighted by Crippen LogP contribution is -2.31. The topological polar surface area (TPSA) is 55.4 Å². The van der Waals surface area contributed by atoms with Crippen LogP contribution >= 0.6 is 11.6 Å². The summed E-state index contributed by atoms with van der Waals surface area (Å²) in [4.78, 5) is 0. The summed E-state index contributed by atoms with van der Waals surface area (Å²) in [6.07, 6.45) is 0. The summed E-state index contributed by atoms with van der Waals surface area (Å²) in [5.74, 6) is -0.329. The van der Waals surface area contributed by atoms with E-state index in [2.05, 4.69) is 4.72 Å². The average Bonchev–Trinajstić information content (AvgIpc) is 2.37. The van der Waals surface area contributed by atoms with Gasteiger partial charge in [-0.25, -0.2) is 17.5 Å². The molecule has 0 saturated heterocycles. The minimum atomic E-state index is -3.46. The number of halogens is 2. The van der Waals surface area contributed by atoms with Gasteiger partial charge in [0.15, 0.2) is 11.6 Å². The molecule has 0 heterocycles. The third-order valence-electron chi connectivity index (χ3n) is 2.80. The van der Waals surface area contributed by atoms with Crippen molar-refractivity contribution in [2.45, 2.75) is 19.9 Å². The maximum Gasteiger partial charge on any atom is 0.212 e. The lowest BCUT2D eigenvalue weighted by atomic mass is 10.1. The second kappa shape index (κ2) is 7.24. The molecule has 0 aromatic heterocycles. The van der Waals surface area contributed by atoms with Crippen LogP contribution in [0.1, 0.15) is 25.5 Å². The second-order valence-electron chi connectivity index (χ2n) is 4.77. The largest absolute Gasteiger partial charge is 0.494 e. The molecule has 0 aliphatic heterocycles. The van der Waals surface area contributed by atoms with Crippen LogP contribution in [-0.4, -0.2) is 27.2 Å². The minimum absolute atomic E-state index is 0.0561. The molecular formula is C13H19ClFNO3S. The Morgan fingerprint density at radius 3 is 2.55 bits per heavy atom. The minimum Gasteiger partial charge on any atom is -0.494 e. The van der Waals surface area contributed by atoms with Crippen LogP contribution in [0.5, 0.6) is 5.75 Å². The van der Waals surface area contributed by atoms with E-state index in [0.717, 1.165) is 0 Å². The fourth-order valence-corrected chi connectivity index (χ4v) is 3.63. The van der Waals surface area contributed by atoms with E-state index < -0.39 is 21.9 Å². The number of ether oxygens (including phenoxy) is 1. The molecule has 0 fully saturated rings. The van der Waals surface area contributed by atoms with E-state index in [9.17, 15) is 12.8 Å². The Kier molecular flexibility index (Phi) is 6.23. The van der Waals surface area contributed by atoms with Crippen LogP contribution in [0.25, 0.3) is 0 Å². The average molecular weight is 324 g/mol. The van der Waals surface area contributed by atoms with Gasteiger partial charge in [0.1, 0.15) is 0 Å². The first-order chi connectivity index (χ1) is 9.29. The summed E-state index contributed by atoms with van der Waals surface area (Å²) in [7, 11) is -2.08. The molecule has 20 heavy (non-hydrogen) atoms. The van der Waals surface area contributed by atoms with Crippen molar-refractivity contribution in [1.29, 1.82) is 0 Å².